The number of benzene rings is 1. The molecule has 9 heteroatoms. The van der Waals surface area contributed by atoms with Crippen molar-refractivity contribution in [2.24, 2.45) is 0 Å². The van der Waals surface area contributed by atoms with Crippen molar-refractivity contribution in [2.45, 2.75) is 50.1 Å². The van der Waals surface area contributed by atoms with E-state index in [0.29, 0.717) is 41.1 Å². The van der Waals surface area contributed by atoms with Crippen LogP contribution < -0.4 is 0 Å². The maximum absolute atomic E-state index is 13.3. The predicted molar refractivity (Wildman–Crippen MR) is 119 cm³/mol. The molecule has 1 aliphatic rings. The number of aryl methyl sites for hydroxylation is 1. The molecule has 0 radical (unpaired) electrons. The van der Waals surface area contributed by atoms with E-state index >= 15 is 0 Å². The number of aromatic nitrogens is 3. The summed E-state index contributed by atoms with van der Waals surface area (Å²) in [7, 11) is 0. The van der Waals surface area contributed by atoms with Crippen molar-refractivity contribution in [3.05, 3.63) is 52.9 Å². The minimum absolute atomic E-state index is 0.186. The lowest BCUT2D eigenvalue weighted by atomic mass is 10.2. The summed E-state index contributed by atoms with van der Waals surface area (Å²) in [4.78, 5) is 27.7. The monoisotopic (exact) mass is 458 g/mol. The molecule has 1 aromatic carbocycles. The van der Waals surface area contributed by atoms with Crippen LogP contribution in [0.15, 0.2) is 46.2 Å². The molecule has 1 aliphatic heterocycles. The van der Waals surface area contributed by atoms with E-state index in [1.165, 1.54) is 16.7 Å². The lowest BCUT2D eigenvalue weighted by molar-refractivity contribution is -0.127. The maximum atomic E-state index is 13.3. The van der Waals surface area contributed by atoms with Crippen LogP contribution in [0.5, 0.6) is 0 Å². The first-order valence-electron chi connectivity index (χ1n) is 10.2. The van der Waals surface area contributed by atoms with E-state index in [9.17, 15) is 9.59 Å². The van der Waals surface area contributed by atoms with Gasteiger partial charge in [0.1, 0.15) is 5.76 Å². The van der Waals surface area contributed by atoms with Gasteiger partial charge in [-0.1, -0.05) is 29.8 Å². The number of amides is 2. The van der Waals surface area contributed by atoms with Gasteiger partial charge in [-0.2, -0.15) is 0 Å². The van der Waals surface area contributed by atoms with E-state index in [1.807, 2.05) is 24.5 Å². The summed E-state index contributed by atoms with van der Waals surface area (Å²) in [6.07, 6.45) is 3.95. The first-order chi connectivity index (χ1) is 15.0. The molecule has 1 saturated heterocycles. The van der Waals surface area contributed by atoms with Gasteiger partial charge >= 0.3 is 0 Å². The number of furan rings is 1. The Morgan fingerprint density at radius 1 is 1.23 bits per heavy atom. The number of imide groups is 1. The Balaban J connectivity index is 1.57. The largest absolute Gasteiger partial charge is 0.469 e. The Morgan fingerprint density at radius 2 is 2.00 bits per heavy atom. The van der Waals surface area contributed by atoms with E-state index in [1.54, 1.807) is 30.5 Å². The van der Waals surface area contributed by atoms with E-state index in [-0.39, 0.29) is 11.8 Å². The third-order valence-corrected chi connectivity index (χ3v) is 6.84. The van der Waals surface area contributed by atoms with Gasteiger partial charge in [-0.05, 0) is 57.0 Å². The van der Waals surface area contributed by atoms with Gasteiger partial charge in [0.05, 0.1) is 17.1 Å². The van der Waals surface area contributed by atoms with Crippen molar-refractivity contribution >= 4 is 35.2 Å². The zero-order valence-electron chi connectivity index (χ0n) is 17.4. The van der Waals surface area contributed by atoms with Gasteiger partial charge < -0.3 is 8.98 Å². The lowest BCUT2D eigenvalue weighted by Gasteiger charge is -2.22. The van der Waals surface area contributed by atoms with Crippen LogP contribution in [0.25, 0.3) is 11.4 Å². The molecule has 1 unspecified atom stereocenters. The van der Waals surface area contributed by atoms with Crippen molar-refractivity contribution in [1.82, 2.24) is 19.7 Å². The highest BCUT2D eigenvalue weighted by Crippen LogP contribution is 2.33. The van der Waals surface area contributed by atoms with Gasteiger partial charge in [0.15, 0.2) is 11.0 Å². The molecule has 1 fully saturated rings. The molecule has 1 atom stereocenters. The fourth-order valence-electron chi connectivity index (χ4n) is 3.67. The van der Waals surface area contributed by atoms with Gasteiger partial charge in [0, 0.05) is 23.7 Å². The molecule has 2 amide bonds. The highest BCUT2D eigenvalue weighted by Gasteiger charge is 2.33. The molecular formula is C22H23ClN4O3S. The molecule has 7 nitrogen and oxygen atoms in total. The van der Waals surface area contributed by atoms with Gasteiger partial charge in [-0.25, -0.2) is 0 Å². The molecule has 0 bridgehead atoms. The van der Waals surface area contributed by atoms with Crippen LogP contribution in [0.3, 0.4) is 0 Å². The van der Waals surface area contributed by atoms with Crippen LogP contribution in [0, 0.1) is 6.92 Å². The molecule has 3 aromatic rings. The van der Waals surface area contributed by atoms with Gasteiger partial charge in [0.25, 0.3) is 5.91 Å². The minimum Gasteiger partial charge on any atom is -0.469 e. The average molecular weight is 459 g/mol. The second-order valence-corrected chi connectivity index (χ2v) is 8.95. The number of rotatable bonds is 5. The third-order valence-electron chi connectivity index (χ3n) is 5.36. The summed E-state index contributed by atoms with van der Waals surface area (Å²) < 4.78 is 7.38. The Hall–Kier alpha value is -2.58. The normalized spacial score (nSPS) is 17.1. The molecule has 2 aromatic heterocycles. The van der Waals surface area contributed by atoms with Crippen molar-refractivity contribution < 1.29 is 14.0 Å². The van der Waals surface area contributed by atoms with Crippen LogP contribution in [-0.4, -0.2) is 43.3 Å². The lowest BCUT2D eigenvalue weighted by Crippen LogP contribution is -2.41. The summed E-state index contributed by atoms with van der Waals surface area (Å²) in [6, 6.07) is 8.48. The summed E-state index contributed by atoms with van der Waals surface area (Å²) >= 11 is 7.31. The highest BCUT2D eigenvalue weighted by atomic mass is 35.5. The first kappa shape index (κ1) is 21.6. The fraction of sp³-hybridized carbons (Fsp3) is 0.364. The van der Waals surface area contributed by atoms with Crippen molar-refractivity contribution in [3.8, 4) is 11.4 Å². The van der Waals surface area contributed by atoms with E-state index < -0.39 is 5.25 Å². The van der Waals surface area contributed by atoms with Crippen LogP contribution in [0.4, 0.5) is 0 Å². The van der Waals surface area contributed by atoms with E-state index in [4.69, 9.17) is 16.0 Å². The smallest absolute Gasteiger partial charge is 0.260 e. The number of halogens is 1. The topological polar surface area (TPSA) is 81.2 Å². The number of thioether (sulfide) groups is 1. The molecule has 4 rings (SSSR count). The molecule has 0 spiro atoms. The first-order valence-corrected chi connectivity index (χ1v) is 11.5. The zero-order chi connectivity index (χ0) is 22.0. The molecule has 0 aliphatic carbocycles. The van der Waals surface area contributed by atoms with Crippen LogP contribution in [0.2, 0.25) is 5.02 Å². The van der Waals surface area contributed by atoms with Gasteiger partial charge in [0.2, 0.25) is 5.91 Å². The standard InChI is InChI=1S/C22H23ClN4O3S/c1-3-26-19(17-11-13-30-14(17)2)24-25-22(26)31-18-6-4-5-12-27(21(18)29)20(28)15-7-9-16(23)10-8-15/h7-11,13,18H,3-6,12H2,1-2H3. The number of carbonyl (C=O) groups excluding carboxylic acids is 2. The number of carbonyl (C=O) groups is 2. The Labute approximate surface area is 189 Å². The molecular weight excluding hydrogens is 436 g/mol. The fourth-order valence-corrected chi connectivity index (χ4v) is 4.99. The Kier molecular flexibility index (Phi) is 6.48. The second-order valence-electron chi connectivity index (χ2n) is 7.35. The van der Waals surface area contributed by atoms with E-state index in [2.05, 4.69) is 10.2 Å². The van der Waals surface area contributed by atoms with Crippen molar-refractivity contribution in [1.29, 1.82) is 0 Å². The van der Waals surface area contributed by atoms with E-state index in [0.717, 1.165) is 24.2 Å². The molecule has 162 valence electrons. The average Bonchev–Trinajstić information content (AvgIpc) is 3.32. The zero-order valence-corrected chi connectivity index (χ0v) is 18.9. The van der Waals surface area contributed by atoms with Gasteiger partial charge in [-0.3, -0.25) is 14.5 Å². The predicted octanol–water partition coefficient (Wildman–Crippen LogP) is 4.83. The summed E-state index contributed by atoms with van der Waals surface area (Å²) in [5, 5.41) is 9.50. The molecule has 0 saturated carbocycles. The summed E-state index contributed by atoms with van der Waals surface area (Å²) in [5.74, 6) is 1.00. The molecule has 3 heterocycles. The number of hydrogen-bond acceptors (Lipinski definition) is 6. The number of nitrogens with zero attached hydrogens (tertiary/aromatic N) is 4. The Morgan fingerprint density at radius 3 is 2.68 bits per heavy atom. The van der Waals surface area contributed by atoms with Crippen LogP contribution in [-0.2, 0) is 11.3 Å². The van der Waals surface area contributed by atoms with Crippen molar-refractivity contribution in [3.63, 3.8) is 0 Å². The number of likely N-dealkylation sites (tertiary alicyclic amines) is 1. The second kappa shape index (κ2) is 9.28. The summed E-state index contributed by atoms with van der Waals surface area (Å²) in [5.41, 5.74) is 1.34. The van der Waals surface area contributed by atoms with Crippen LogP contribution in [0.1, 0.15) is 42.3 Å². The quantitative estimate of drug-likeness (QED) is 0.509. The Bertz CT molecular complexity index is 1090. The van der Waals surface area contributed by atoms with Gasteiger partial charge in [-0.15, -0.1) is 10.2 Å². The SMILES string of the molecule is CCn1c(SC2CCCCN(C(=O)c3ccc(Cl)cc3)C2=O)nnc1-c1ccoc1C. The minimum atomic E-state index is -0.397. The molecule has 31 heavy (non-hydrogen) atoms. The third kappa shape index (κ3) is 4.41. The molecule has 0 N–H and O–H groups in total. The maximum Gasteiger partial charge on any atom is 0.260 e. The van der Waals surface area contributed by atoms with Crippen molar-refractivity contribution in [2.75, 3.05) is 6.54 Å². The summed E-state index contributed by atoms with van der Waals surface area (Å²) in [6.45, 7) is 4.96. The highest BCUT2D eigenvalue weighted by molar-refractivity contribution is 8.00. The van der Waals surface area contributed by atoms with Crippen LogP contribution >= 0.6 is 23.4 Å². The number of hydrogen-bond donors (Lipinski definition) is 0.